The van der Waals surface area contributed by atoms with Gasteiger partial charge in [0, 0.05) is 11.4 Å². The molecule has 0 aliphatic carbocycles. The molecule has 0 saturated heterocycles. The SMILES string of the molecule is COc1ccc(CC(NC(=O)Nc2nc3ccc(Cl)cc3s2)c2noc(O)n2)cc1. The number of benzene rings is 2. The molecule has 2 heterocycles. The number of fused-ring (bicyclic) bond motifs is 1. The fourth-order valence-corrected chi connectivity index (χ4v) is 3.95. The highest BCUT2D eigenvalue weighted by Gasteiger charge is 2.22. The number of nitrogens with one attached hydrogen (secondary N) is 2. The quantitative estimate of drug-likeness (QED) is 0.407. The zero-order valence-corrected chi connectivity index (χ0v) is 17.2. The van der Waals surface area contributed by atoms with Gasteiger partial charge < -0.3 is 15.2 Å². The van der Waals surface area contributed by atoms with Crippen LogP contribution in [0.2, 0.25) is 5.02 Å². The normalized spacial score (nSPS) is 11.9. The van der Waals surface area contributed by atoms with Crippen LogP contribution < -0.4 is 15.4 Å². The van der Waals surface area contributed by atoms with Crippen molar-refractivity contribution in [2.45, 2.75) is 12.5 Å². The number of thiazole rings is 1. The van der Waals surface area contributed by atoms with Crippen LogP contribution >= 0.6 is 22.9 Å². The van der Waals surface area contributed by atoms with Crippen LogP contribution in [0, 0.1) is 0 Å². The van der Waals surface area contributed by atoms with E-state index in [0.29, 0.717) is 22.3 Å². The number of rotatable bonds is 6. The van der Waals surface area contributed by atoms with Crippen LogP contribution in [0.1, 0.15) is 17.4 Å². The Kier molecular flexibility index (Phi) is 5.68. The summed E-state index contributed by atoms with van der Waals surface area (Å²) < 4.78 is 10.7. The minimum Gasteiger partial charge on any atom is -0.497 e. The van der Waals surface area contributed by atoms with Crippen molar-refractivity contribution in [3.05, 3.63) is 58.9 Å². The maximum absolute atomic E-state index is 12.6. The summed E-state index contributed by atoms with van der Waals surface area (Å²) in [6.07, 6.45) is -0.207. The smallest absolute Gasteiger partial charge is 0.414 e. The summed E-state index contributed by atoms with van der Waals surface area (Å²) in [7, 11) is 1.59. The van der Waals surface area contributed by atoms with Crippen molar-refractivity contribution in [2.24, 2.45) is 0 Å². The summed E-state index contributed by atoms with van der Waals surface area (Å²) in [6.45, 7) is 0. The number of ether oxygens (including phenoxy) is 1. The van der Waals surface area contributed by atoms with Gasteiger partial charge in [0.1, 0.15) is 5.75 Å². The number of aromatic hydroxyl groups is 1. The Labute approximate surface area is 179 Å². The first kappa shape index (κ1) is 19.9. The number of carbonyl (C=O) groups excluding carboxylic acids is 1. The van der Waals surface area contributed by atoms with Crippen LogP contribution in [0.5, 0.6) is 11.8 Å². The molecule has 154 valence electrons. The minimum atomic E-state index is -0.646. The first-order valence-electron chi connectivity index (χ1n) is 8.79. The number of hydrogen-bond acceptors (Lipinski definition) is 8. The summed E-state index contributed by atoms with van der Waals surface area (Å²) in [6, 6.07) is 11.5. The Hall–Kier alpha value is -3.37. The third-order valence-electron chi connectivity index (χ3n) is 4.22. The molecule has 1 unspecified atom stereocenters. The Balaban J connectivity index is 1.50. The Bertz CT molecular complexity index is 1180. The molecule has 30 heavy (non-hydrogen) atoms. The van der Waals surface area contributed by atoms with Gasteiger partial charge in [-0.1, -0.05) is 40.2 Å². The first-order valence-corrected chi connectivity index (χ1v) is 9.99. The van der Waals surface area contributed by atoms with Gasteiger partial charge in [0.2, 0.25) is 0 Å². The molecule has 1 atom stereocenters. The van der Waals surface area contributed by atoms with Crippen LogP contribution in [0.25, 0.3) is 10.2 Å². The summed E-state index contributed by atoms with van der Waals surface area (Å²) in [5, 5.41) is 19.6. The summed E-state index contributed by atoms with van der Waals surface area (Å²) in [5.74, 6) is 0.865. The average Bonchev–Trinajstić information content (AvgIpc) is 3.33. The van der Waals surface area contributed by atoms with Gasteiger partial charge in [-0.15, -0.1) is 0 Å². The number of urea groups is 1. The van der Waals surface area contributed by atoms with Gasteiger partial charge in [0.15, 0.2) is 11.0 Å². The van der Waals surface area contributed by atoms with E-state index < -0.39 is 18.1 Å². The molecule has 2 aromatic heterocycles. The van der Waals surface area contributed by atoms with Gasteiger partial charge in [0.25, 0.3) is 0 Å². The highest BCUT2D eigenvalue weighted by molar-refractivity contribution is 7.22. The third-order valence-corrected chi connectivity index (χ3v) is 5.39. The van der Waals surface area contributed by atoms with Gasteiger partial charge in [0.05, 0.1) is 23.4 Å². The monoisotopic (exact) mass is 445 g/mol. The minimum absolute atomic E-state index is 0.148. The van der Waals surface area contributed by atoms with Crippen LogP contribution in [-0.4, -0.2) is 33.4 Å². The number of hydrogen-bond donors (Lipinski definition) is 3. The molecule has 0 fully saturated rings. The molecule has 2 amide bonds. The van der Waals surface area contributed by atoms with E-state index in [4.69, 9.17) is 16.3 Å². The topological polar surface area (TPSA) is 122 Å². The van der Waals surface area contributed by atoms with E-state index in [9.17, 15) is 9.90 Å². The molecule has 0 aliphatic heterocycles. The highest BCUT2D eigenvalue weighted by atomic mass is 35.5. The standard InChI is InChI=1S/C19H16ClN5O4S/c1-28-12-5-2-10(3-6-12)8-14(16-23-19(27)29-25-16)21-17(26)24-18-22-13-7-4-11(20)9-15(13)30-18/h2-7,9,14H,8H2,1H3,(H,23,25,27)(H2,21,22,24,26). The number of methoxy groups -OCH3 is 1. The van der Waals surface area contributed by atoms with E-state index >= 15 is 0 Å². The van der Waals surface area contributed by atoms with Crippen molar-refractivity contribution in [3.8, 4) is 11.8 Å². The van der Waals surface area contributed by atoms with E-state index in [-0.39, 0.29) is 5.82 Å². The fraction of sp³-hybridized carbons (Fsp3) is 0.158. The van der Waals surface area contributed by atoms with Gasteiger partial charge in [-0.25, -0.2) is 9.78 Å². The molecule has 0 bridgehead atoms. The first-order chi connectivity index (χ1) is 14.5. The van der Waals surface area contributed by atoms with Crippen molar-refractivity contribution >= 4 is 44.3 Å². The second kappa shape index (κ2) is 8.56. The predicted octanol–water partition coefficient (Wildman–Crippen LogP) is 4.15. The number of aromatic nitrogens is 3. The van der Waals surface area contributed by atoms with Crippen molar-refractivity contribution < 1.29 is 19.2 Å². The second-order valence-corrected chi connectivity index (χ2v) is 7.74. The molecule has 0 aliphatic rings. The fourth-order valence-electron chi connectivity index (χ4n) is 2.82. The number of carbonyl (C=O) groups is 1. The lowest BCUT2D eigenvalue weighted by Gasteiger charge is -2.15. The molecule has 0 saturated carbocycles. The predicted molar refractivity (Wildman–Crippen MR) is 112 cm³/mol. The van der Waals surface area contributed by atoms with Crippen molar-refractivity contribution in [1.29, 1.82) is 0 Å². The zero-order chi connectivity index (χ0) is 21.1. The number of amides is 2. The van der Waals surface area contributed by atoms with E-state index in [1.54, 1.807) is 25.3 Å². The average molecular weight is 446 g/mol. The summed E-state index contributed by atoms with van der Waals surface area (Å²) in [4.78, 5) is 20.8. The summed E-state index contributed by atoms with van der Waals surface area (Å²) in [5.41, 5.74) is 1.64. The molecule has 4 aromatic rings. The third kappa shape index (κ3) is 4.61. The molecule has 0 spiro atoms. The molecular formula is C19H16ClN5O4S. The van der Waals surface area contributed by atoms with Gasteiger partial charge in [-0.05, 0) is 35.9 Å². The van der Waals surface area contributed by atoms with Crippen LogP contribution in [0.4, 0.5) is 9.93 Å². The van der Waals surface area contributed by atoms with E-state index in [1.165, 1.54) is 11.3 Å². The highest BCUT2D eigenvalue weighted by Crippen LogP contribution is 2.28. The number of nitrogens with zero attached hydrogens (tertiary/aromatic N) is 3. The lowest BCUT2D eigenvalue weighted by atomic mass is 10.1. The van der Waals surface area contributed by atoms with E-state index in [0.717, 1.165) is 15.8 Å². The molecule has 3 N–H and O–H groups in total. The Morgan fingerprint density at radius 2 is 2.07 bits per heavy atom. The molecule has 4 rings (SSSR count). The van der Waals surface area contributed by atoms with E-state index in [1.807, 2.05) is 24.3 Å². The van der Waals surface area contributed by atoms with Crippen molar-refractivity contribution in [2.75, 3.05) is 12.4 Å². The lowest BCUT2D eigenvalue weighted by molar-refractivity contribution is 0.247. The maximum Gasteiger partial charge on any atom is 0.414 e. The second-order valence-electron chi connectivity index (χ2n) is 6.27. The van der Waals surface area contributed by atoms with E-state index in [2.05, 4.69) is 30.3 Å². The maximum atomic E-state index is 12.6. The zero-order valence-electron chi connectivity index (χ0n) is 15.6. The molecular weight excluding hydrogens is 430 g/mol. The van der Waals surface area contributed by atoms with Crippen molar-refractivity contribution in [3.63, 3.8) is 0 Å². The van der Waals surface area contributed by atoms with Crippen LogP contribution in [-0.2, 0) is 6.42 Å². The van der Waals surface area contributed by atoms with Gasteiger partial charge >= 0.3 is 12.1 Å². The largest absolute Gasteiger partial charge is 0.497 e. The molecule has 9 nitrogen and oxygen atoms in total. The van der Waals surface area contributed by atoms with Crippen LogP contribution in [0.3, 0.4) is 0 Å². The molecule has 2 aromatic carbocycles. The lowest BCUT2D eigenvalue weighted by Crippen LogP contribution is -2.34. The molecule has 0 radical (unpaired) electrons. The van der Waals surface area contributed by atoms with Crippen LogP contribution in [0.15, 0.2) is 47.0 Å². The summed E-state index contributed by atoms with van der Waals surface area (Å²) >= 11 is 7.30. The van der Waals surface area contributed by atoms with Gasteiger partial charge in [-0.3, -0.25) is 9.84 Å². The van der Waals surface area contributed by atoms with Crippen molar-refractivity contribution in [1.82, 2.24) is 20.4 Å². The van der Waals surface area contributed by atoms with Gasteiger partial charge in [-0.2, -0.15) is 4.98 Å². The molecule has 11 heteroatoms. The number of halogens is 1. The Morgan fingerprint density at radius 1 is 1.27 bits per heavy atom. The Morgan fingerprint density at radius 3 is 2.77 bits per heavy atom. The number of anilines is 1.